The Morgan fingerprint density at radius 2 is 1.76 bits per heavy atom. The molecule has 25 heavy (non-hydrogen) atoms. The highest BCUT2D eigenvalue weighted by Gasteiger charge is 2.31. The summed E-state index contributed by atoms with van der Waals surface area (Å²) in [6.45, 7) is 1.18. The molecule has 0 aromatic heterocycles. The summed E-state index contributed by atoms with van der Waals surface area (Å²) < 4.78 is 53.9. The van der Waals surface area contributed by atoms with Crippen LogP contribution < -0.4 is 15.4 Å². The number of amides is 2. The Balaban J connectivity index is 2.17. The van der Waals surface area contributed by atoms with Crippen LogP contribution in [0.25, 0.3) is 0 Å². The molecule has 0 unspecified atom stereocenters. The fourth-order valence-electron chi connectivity index (χ4n) is 1.93. The zero-order valence-electron chi connectivity index (χ0n) is 12.8. The van der Waals surface area contributed by atoms with Gasteiger partial charge in [-0.1, -0.05) is 6.07 Å². The maximum absolute atomic E-state index is 13.6. The van der Waals surface area contributed by atoms with E-state index >= 15 is 0 Å². The molecule has 2 aromatic carbocycles. The Labute approximate surface area is 139 Å². The van der Waals surface area contributed by atoms with Gasteiger partial charge in [-0.3, -0.25) is 9.59 Å². The first kappa shape index (κ1) is 18.2. The maximum Gasteiger partial charge on any atom is 0.573 e. The number of hydrogen-bond acceptors (Lipinski definition) is 3. The Kier molecular flexibility index (Phi) is 5.26. The number of benzene rings is 2. The zero-order chi connectivity index (χ0) is 18.6. The van der Waals surface area contributed by atoms with E-state index in [1.165, 1.54) is 25.1 Å². The van der Waals surface area contributed by atoms with Crippen LogP contribution in [0.15, 0.2) is 42.5 Å². The van der Waals surface area contributed by atoms with Gasteiger partial charge in [-0.15, -0.1) is 13.2 Å². The summed E-state index contributed by atoms with van der Waals surface area (Å²) in [4.78, 5) is 23.2. The summed E-state index contributed by atoms with van der Waals surface area (Å²) in [6, 6.07) is 7.97. The Morgan fingerprint density at radius 1 is 1.04 bits per heavy atom. The molecule has 132 valence electrons. The maximum atomic E-state index is 13.6. The lowest BCUT2D eigenvalue weighted by molar-refractivity contribution is -0.274. The van der Waals surface area contributed by atoms with Gasteiger partial charge in [0.05, 0.1) is 5.69 Å². The van der Waals surface area contributed by atoms with Crippen LogP contribution in [0.5, 0.6) is 5.75 Å². The van der Waals surface area contributed by atoms with Crippen molar-refractivity contribution in [3.05, 3.63) is 53.8 Å². The number of nitrogens with one attached hydrogen (secondary N) is 2. The van der Waals surface area contributed by atoms with E-state index in [0.29, 0.717) is 0 Å². The van der Waals surface area contributed by atoms with Gasteiger partial charge in [0.2, 0.25) is 5.91 Å². The minimum Gasteiger partial charge on any atom is -0.406 e. The molecule has 0 spiro atoms. The molecule has 0 aliphatic heterocycles. The van der Waals surface area contributed by atoms with E-state index in [4.69, 9.17) is 0 Å². The number of hydrogen-bond donors (Lipinski definition) is 2. The van der Waals surface area contributed by atoms with E-state index < -0.39 is 29.7 Å². The molecule has 0 atom stereocenters. The molecule has 0 saturated carbocycles. The Morgan fingerprint density at radius 3 is 2.40 bits per heavy atom. The second-order valence-corrected chi connectivity index (χ2v) is 4.91. The first-order valence-corrected chi connectivity index (χ1v) is 6.88. The van der Waals surface area contributed by atoms with Crippen LogP contribution >= 0.6 is 0 Å². The summed E-state index contributed by atoms with van der Waals surface area (Å²) in [7, 11) is 0. The predicted octanol–water partition coefficient (Wildman–Crippen LogP) is 3.94. The van der Waals surface area contributed by atoms with Crippen molar-refractivity contribution in [3.63, 3.8) is 0 Å². The number of carbonyl (C=O) groups is 2. The zero-order valence-corrected chi connectivity index (χ0v) is 12.8. The Hall–Kier alpha value is -3.10. The molecule has 5 nitrogen and oxygen atoms in total. The second-order valence-electron chi connectivity index (χ2n) is 4.91. The molecular formula is C16H12F4N2O3. The highest BCUT2D eigenvalue weighted by Crippen LogP contribution is 2.25. The molecule has 2 amide bonds. The number of alkyl halides is 3. The van der Waals surface area contributed by atoms with E-state index in [9.17, 15) is 27.2 Å². The predicted molar refractivity (Wildman–Crippen MR) is 81.8 cm³/mol. The average molecular weight is 356 g/mol. The quantitative estimate of drug-likeness (QED) is 0.816. The standard InChI is InChI=1S/C16H12F4N2O3/c1-9(23)21-14-7-10(5-6-13(14)17)15(24)22-11-3-2-4-12(8-11)25-16(18,19)20/h2-8H,1H3,(H,21,23)(H,22,24). The van der Waals surface area contributed by atoms with E-state index in [0.717, 1.165) is 24.3 Å². The molecule has 2 rings (SSSR count). The lowest BCUT2D eigenvalue weighted by Crippen LogP contribution is -2.17. The third kappa shape index (κ3) is 5.48. The fraction of sp³-hybridized carbons (Fsp3) is 0.125. The molecular weight excluding hydrogens is 344 g/mol. The van der Waals surface area contributed by atoms with Gasteiger partial charge in [0.1, 0.15) is 11.6 Å². The van der Waals surface area contributed by atoms with Crippen molar-refractivity contribution >= 4 is 23.2 Å². The van der Waals surface area contributed by atoms with Gasteiger partial charge < -0.3 is 15.4 Å². The van der Waals surface area contributed by atoms with Crippen LogP contribution in [0.1, 0.15) is 17.3 Å². The van der Waals surface area contributed by atoms with Crippen molar-refractivity contribution in [1.82, 2.24) is 0 Å². The van der Waals surface area contributed by atoms with Crippen molar-refractivity contribution < 1.29 is 31.9 Å². The first-order chi connectivity index (χ1) is 11.6. The topological polar surface area (TPSA) is 67.4 Å². The van der Waals surface area contributed by atoms with E-state index in [1.54, 1.807) is 0 Å². The largest absolute Gasteiger partial charge is 0.573 e. The van der Waals surface area contributed by atoms with Crippen LogP contribution in [-0.4, -0.2) is 18.2 Å². The van der Waals surface area contributed by atoms with Gasteiger partial charge in [-0.25, -0.2) is 4.39 Å². The van der Waals surface area contributed by atoms with Crippen LogP contribution in [-0.2, 0) is 4.79 Å². The van der Waals surface area contributed by atoms with Crippen molar-refractivity contribution in [2.75, 3.05) is 10.6 Å². The molecule has 0 saturated heterocycles. The molecule has 0 aliphatic carbocycles. The highest BCUT2D eigenvalue weighted by atomic mass is 19.4. The number of rotatable bonds is 4. The third-order valence-electron chi connectivity index (χ3n) is 2.86. The summed E-state index contributed by atoms with van der Waals surface area (Å²) in [5.74, 6) is -2.44. The van der Waals surface area contributed by atoms with Crippen molar-refractivity contribution in [2.24, 2.45) is 0 Å². The lowest BCUT2D eigenvalue weighted by Gasteiger charge is -2.11. The van der Waals surface area contributed by atoms with Crippen LogP contribution in [0.2, 0.25) is 0 Å². The summed E-state index contributed by atoms with van der Waals surface area (Å²) in [5, 5.41) is 4.59. The summed E-state index contributed by atoms with van der Waals surface area (Å²) >= 11 is 0. The van der Waals surface area contributed by atoms with Crippen LogP contribution in [0, 0.1) is 5.82 Å². The molecule has 9 heteroatoms. The second kappa shape index (κ2) is 7.20. The van der Waals surface area contributed by atoms with E-state index in [1.807, 2.05) is 0 Å². The van der Waals surface area contributed by atoms with Crippen LogP contribution in [0.4, 0.5) is 28.9 Å². The Bertz CT molecular complexity index is 806. The number of anilines is 2. The average Bonchev–Trinajstić information content (AvgIpc) is 2.47. The number of ether oxygens (including phenoxy) is 1. The molecule has 0 bridgehead atoms. The SMILES string of the molecule is CC(=O)Nc1cc(C(=O)Nc2cccc(OC(F)(F)F)c2)ccc1F. The van der Waals surface area contributed by atoms with Gasteiger partial charge >= 0.3 is 6.36 Å². The van der Waals surface area contributed by atoms with E-state index in [-0.39, 0.29) is 16.9 Å². The van der Waals surface area contributed by atoms with Crippen molar-refractivity contribution in [1.29, 1.82) is 0 Å². The summed E-state index contributed by atoms with van der Waals surface area (Å²) in [6.07, 6.45) is -4.85. The van der Waals surface area contributed by atoms with Gasteiger partial charge in [0.25, 0.3) is 5.91 Å². The van der Waals surface area contributed by atoms with Gasteiger partial charge in [0.15, 0.2) is 0 Å². The lowest BCUT2D eigenvalue weighted by atomic mass is 10.1. The minimum atomic E-state index is -4.85. The molecule has 2 aromatic rings. The van der Waals surface area contributed by atoms with Crippen molar-refractivity contribution in [2.45, 2.75) is 13.3 Å². The highest BCUT2D eigenvalue weighted by molar-refractivity contribution is 6.05. The number of carbonyl (C=O) groups excluding carboxylic acids is 2. The van der Waals surface area contributed by atoms with Crippen molar-refractivity contribution in [3.8, 4) is 5.75 Å². The molecule has 0 heterocycles. The minimum absolute atomic E-state index is 0.00675. The first-order valence-electron chi connectivity index (χ1n) is 6.88. The van der Waals surface area contributed by atoms with Gasteiger partial charge in [-0.05, 0) is 30.3 Å². The smallest absolute Gasteiger partial charge is 0.406 e. The number of halogens is 4. The summed E-state index contributed by atoms with van der Waals surface area (Å²) in [5.41, 5.74) is -0.126. The molecule has 2 N–H and O–H groups in total. The van der Waals surface area contributed by atoms with Gasteiger partial charge in [0, 0.05) is 24.2 Å². The van der Waals surface area contributed by atoms with E-state index in [2.05, 4.69) is 15.4 Å². The fourth-order valence-corrected chi connectivity index (χ4v) is 1.93. The molecule has 0 aliphatic rings. The van der Waals surface area contributed by atoms with Crippen LogP contribution in [0.3, 0.4) is 0 Å². The normalized spacial score (nSPS) is 10.9. The third-order valence-corrected chi connectivity index (χ3v) is 2.86. The molecule has 0 fully saturated rings. The van der Waals surface area contributed by atoms with Gasteiger partial charge in [-0.2, -0.15) is 0 Å². The molecule has 0 radical (unpaired) electrons. The monoisotopic (exact) mass is 356 g/mol.